The van der Waals surface area contributed by atoms with Gasteiger partial charge in [0.25, 0.3) is 5.92 Å². The zero-order chi connectivity index (χ0) is 21.2. The number of carbonyl (C=O) groups is 1. The Morgan fingerprint density at radius 3 is 2.83 bits per heavy atom. The molecule has 29 heavy (non-hydrogen) atoms. The highest BCUT2D eigenvalue weighted by atomic mass is 19.3. The molecule has 0 amide bonds. The van der Waals surface area contributed by atoms with Crippen molar-refractivity contribution < 1.29 is 18.3 Å². The Morgan fingerprint density at radius 1 is 1.41 bits per heavy atom. The van der Waals surface area contributed by atoms with E-state index in [4.69, 9.17) is 5.73 Å². The van der Waals surface area contributed by atoms with E-state index in [9.17, 15) is 13.6 Å². The molecule has 0 unspecified atom stereocenters. The monoisotopic (exact) mass is 408 g/mol. The lowest BCUT2D eigenvalue weighted by Gasteiger charge is -2.39. The first-order valence-electron chi connectivity index (χ1n) is 9.56. The van der Waals surface area contributed by atoms with Gasteiger partial charge in [-0.1, -0.05) is 12.1 Å². The van der Waals surface area contributed by atoms with Crippen LogP contribution in [0, 0.1) is 5.92 Å². The van der Waals surface area contributed by atoms with Gasteiger partial charge in [-0.2, -0.15) is 0 Å². The quantitative estimate of drug-likeness (QED) is 0.729. The predicted octanol–water partition coefficient (Wildman–Crippen LogP) is 1.92. The van der Waals surface area contributed by atoms with E-state index in [2.05, 4.69) is 20.0 Å². The molecule has 3 rings (SSSR count). The first kappa shape index (κ1) is 21.1. The summed E-state index contributed by atoms with van der Waals surface area (Å²) in [6.07, 6.45) is 0.200. The molecule has 8 nitrogen and oxygen atoms in total. The standard InChI is InChI=1S/C19H26F2N6O2/c1-4-13-15(6-5-14(23-13)18-16(9-22)26(2)25-24-18)27-10-12(7-17(28)29-3)8-19(20,21)11-27/h5-6,12H,4,7-11,22H2,1-3H3/t12-/m1/s1. The van der Waals surface area contributed by atoms with E-state index in [0.29, 0.717) is 35.7 Å². The zero-order valence-electron chi connectivity index (χ0n) is 16.9. The molecule has 0 spiro atoms. The summed E-state index contributed by atoms with van der Waals surface area (Å²) < 4.78 is 35.0. The molecule has 1 atom stereocenters. The molecule has 2 aromatic rings. The van der Waals surface area contributed by atoms with E-state index in [1.165, 1.54) is 7.11 Å². The van der Waals surface area contributed by atoms with Crippen molar-refractivity contribution >= 4 is 11.7 Å². The Hall–Kier alpha value is -2.62. The molecular formula is C19H26F2N6O2. The SMILES string of the molecule is CCc1nc(-c2nnn(C)c2CN)ccc1N1C[C@H](CC(=O)OC)CC(F)(F)C1. The lowest BCUT2D eigenvalue weighted by Crippen LogP contribution is -2.48. The Kier molecular flexibility index (Phi) is 6.11. The van der Waals surface area contributed by atoms with Crippen molar-refractivity contribution in [3.63, 3.8) is 0 Å². The van der Waals surface area contributed by atoms with Gasteiger partial charge in [-0.05, 0) is 24.5 Å². The fourth-order valence-electron chi connectivity index (χ4n) is 3.82. The number of aryl methyl sites for hydroxylation is 2. The molecule has 0 aromatic carbocycles. The van der Waals surface area contributed by atoms with Gasteiger partial charge in [0.05, 0.1) is 42.8 Å². The maximum absolute atomic E-state index is 14.4. The molecule has 1 aliphatic heterocycles. The molecule has 1 saturated heterocycles. The molecule has 0 aliphatic carbocycles. The van der Waals surface area contributed by atoms with E-state index in [1.54, 1.807) is 28.8 Å². The van der Waals surface area contributed by atoms with Gasteiger partial charge in [0.15, 0.2) is 0 Å². The van der Waals surface area contributed by atoms with Crippen LogP contribution in [0.15, 0.2) is 12.1 Å². The number of piperidine rings is 1. The summed E-state index contributed by atoms with van der Waals surface area (Å²) in [4.78, 5) is 17.9. The van der Waals surface area contributed by atoms with E-state index >= 15 is 0 Å². The third-order valence-corrected chi connectivity index (χ3v) is 5.18. The highest BCUT2D eigenvalue weighted by molar-refractivity contribution is 5.69. The summed E-state index contributed by atoms with van der Waals surface area (Å²) in [6.45, 7) is 2.12. The number of ether oxygens (including phenoxy) is 1. The summed E-state index contributed by atoms with van der Waals surface area (Å²) in [5, 5.41) is 8.13. The van der Waals surface area contributed by atoms with Gasteiger partial charge in [-0.25, -0.2) is 13.8 Å². The van der Waals surface area contributed by atoms with E-state index in [-0.39, 0.29) is 19.4 Å². The molecule has 0 saturated carbocycles. The van der Waals surface area contributed by atoms with Crippen molar-refractivity contribution in [3.05, 3.63) is 23.5 Å². The van der Waals surface area contributed by atoms with Gasteiger partial charge in [0.1, 0.15) is 5.69 Å². The Balaban J connectivity index is 1.92. The van der Waals surface area contributed by atoms with E-state index in [1.807, 2.05) is 6.92 Å². The molecule has 0 bridgehead atoms. The number of carbonyl (C=O) groups excluding carboxylic acids is 1. The minimum absolute atomic E-state index is 0.0327. The number of esters is 1. The lowest BCUT2D eigenvalue weighted by molar-refractivity contribution is -0.142. The number of aromatic nitrogens is 4. The number of rotatable bonds is 6. The van der Waals surface area contributed by atoms with E-state index < -0.39 is 24.4 Å². The Morgan fingerprint density at radius 2 is 2.17 bits per heavy atom. The highest BCUT2D eigenvalue weighted by Gasteiger charge is 2.41. The summed E-state index contributed by atoms with van der Waals surface area (Å²) in [5.41, 5.74) is 9.05. The first-order valence-corrected chi connectivity index (χ1v) is 9.56. The smallest absolute Gasteiger partial charge is 0.305 e. The average Bonchev–Trinajstić information content (AvgIpc) is 3.06. The van der Waals surface area contributed by atoms with Crippen molar-refractivity contribution in [1.82, 2.24) is 20.0 Å². The third-order valence-electron chi connectivity index (χ3n) is 5.18. The molecule has 0 radical (unpaired) electrons. The zero-order valence-corrected chi connectivity index (χ0v) is 16.9. The van der Waals surface area contributed by atoms with Crippen LogP contribution in [0.2, 0.25) is 0 Å². The molecule has 2 N–H and O–H groups in total. The normalized spacial score (nSPS) is 18.7. The second-order valence-electron chi connectivity index (χ2n) is 7.32. The maximum Gasteiger partial charge on any atom is 0.305 e. The highest BCUT2D eigenvalue weighted by Crippen LogP contribution is 2.36. The molecular weight excluding hydrogens is 382 g/mol. The van der Waals surface area contributed by atoms with Gasteiger partial charge in [-0.3, -0.25) is 9.48 Å². The number of halogens is 2. The number of nitrogens with zero attached hydrogens (tertiary/aromatic N) is 5. The van der Waals surface area contributed by atoms with Crippen LogP contribution in [0.1, 0.15) is 31.2 Å². The second-order valence-corrected chi connectivity index (χ2v) is 7.32. The van der Waals surface area contributed by atoms with Crippen LogP contribution in [0.5, 0.6) is 0 Å². The summed E-state index contributed by atoms with van der Waals surface area (Å²) in [6, 6.07) is 3.53. The number of nitrogens with two attached hydrogens (primary N) is 1. The number of anilines is 1. The molecule has 1 aliphatic rings. The maximum atomic E-state index is 14.4. The number of pyridine rings is 1. The van der Waals surface area contributed by atoms with Crippen molar-refractivity contribution in [2.24, 2.45) is 18.7 Å². The van der Waals surface area contributed by atoms with Crippen LogP contribution in [-0.2, 0) is 29.5 Å². The lowest BCUT2D eigenvalue weighted by atomic mass is 9.91. The van der Waals surface area contributed by atoms with Crippen LogP contribution in [-0.4, -0.2) is 52.1 Å². The van der Waals surface area contributed by atoms with Crippen LogP contribution in [0.3, 0.4) is 0 Å². The van der Waals surface area contributed by atoms with Crippen LogP contribution in [0.25, 0.3) is 11.4 Å². The molecule has 2 aromatic heterocycles. The summed E-state index contributed by atoms with van der Waals surface area (Å²) in [5.74, 6) is -3.86. The fraction of sp³-hybridized carbons (Fsp3) is 0.579. The Bertz CT molecular complexity index is 886. The largest absolute Gasteiger partial charge is 0.469 e. The summed E-state index contributed by atoms with van der Waals surface area (Å²) in [7, 11) is 3.02. The average molecular weight is 408 g/mol. The van der Waals surface area contributed by atoms with Gasteiger partial charge >= 0.3 is 5.97 Å². The van der Waals surface area contributed by atoms with Crippen molar-refractivity contribution in [1.29, 1.82) is 0 Å². The van der Waals surface area contributed by atoms with Gasteiger partial charge in [0.2, 0.25) is 0 Å². The molecule has 3 heterocycles. The number of hydrogen-bond donors (Lipinski definition) is 1. The number of hydrogen-bond acceptors (Lipinski definition) is 7. The van der Waals surface area contributed by atoms with Gasteiger partial charge in [0, 0.05) is 26.6 Å². The fourth-order valence-corrected chi connectivity index (χ4v) is 3.82. The van der Waals surface area contributed by atoms with Crippen molar-refractivity contribution in [3.8, 4) is 11.4 Å². The van der Waals surface area contributed by atoms with Gasteiger partial charge in [-0.15, -0.1) is 5.10 Å². The van der Waals surface area contributed by atoms with Crippen LogP contribution >= 0.6 is 0 Å². The number of alkyl halides is 2. The predicted molar refractivity (Wildman–Crippen MR) is 103 cm³/mol. The van der Waals surface area contributed by atoms with Gasteiger partial charge < -0.3 is 15.4 Å². The molecule has 10 heteroatoms. The molecule has 158 valence electrons. The van der Waals surface area contributed by atoms with E-state index in [0.717, 1.165) is 5.69 Å². The minimum Gasteiger partial charge on any atom is -0.469 e. The van der Waals surface area contributed by atoms with Crippen molar-refractivity contribution in [2.45, 2.75) is 38.7 Å². The number of methoxy groups -OCH3 is 1. The first-order chi connectivity index (χ1) is 13.8. The molecule has 1 fully saturated rings. The van der Waals surface area contributed by atoms with Crippen molar-refractivity contribution in [2.75, 3.05) is 25.1 Å². The van der Waals surface area contributed by atoms with Crippen LogP contribution in [0.4, 0.5) is 14.5 Å². The topological polar surface area (TPSA) is 99.2 Å². The Labute approximate surface area is 168 Å². The third kappa shape index (κ3) is 4.52. The van der Waals surface area contributed by atoms with Crippen LogP contribution < -0.4 is 10.6 Å². The summed E-state index contributed by atoms with van der Waals surface area (Å²) >= 11 is 0. The minimum atomic E-state index is -2.89. The second kappa shape index (κ2) is 8.40.